The van der Waals surface area contributed by atoms with Crippen molar-refractivity contribution in [1.29, 1.82) is 0 Å². The smallest absolute Gasteiger partial charge is 0.346 e. The number of aliphatic hydroxyl groups is 2. The Bertz CT molecular complexity index is 1100. The van der Waals surface area contributed by atoms with Crippen molar-refractivity contribution < 1.29 is 64.1 Å². The molecule has 2 aromatic carbocycles. The summed E-state index contributed by atoms with van der Waals surface area (Å²) in [6, 6.07) is 11.7. The number of rotatable bonds is 9. The minimum atomic E-state index is -1.13. The van der Waals surface area contributed by atoms with E-state index in [9.17, 15) is 28.8 Å². The third-order valence-electron chi connectivity index (χ3n) is 4.80. The third-order valence-corrected chi connectivity index (χ3v) is 4.80. The van der Waals surface area contributed by atoms with E-state index in [1.807, 2.05) is 0 Å². The zero-order valence-corrected chi connectivity index (χ0v) is 21.9. The first-order chi connectivity index (χ1) is 18.6. The number of aliphatic hydroxyl groups excluding tert-OH is 2. The van der Waals surface area contributed by atoms with E-state index < -0.39 is 35.8 Å². The molecule has 13 nitrogen and oxygen atoms in total. The first-order valence-corrected chi connectivity index (χ1v) is 11.7. The molecule has 0 spiro atoms. The van der Waals surface area contributed by atoms with Crippen molar-refractivity contribution in [3.63, 3.8) is 0 Å². The number of cyclic esters (lactones) is 2. The Morgan fingerprint density at radius 3 is 1.32 bits per heavy atom. The Labute approximate surface area is 229 Å². The van der Waals surface area contributed by atoms with E-state index >= 15 is 0 Å². The molecule has 1 aliphatic rings. The second-order valence-electron chi connectivity index (χ2n) is 8.89. The van der Waals surface area contributed by atoms with E-state index in [0.29, 0.717) is 24.0 Å². The lowest BCUT2D eigenvalue weighted by Crippen LogP contribution is -2.20. The highest BCUT2D eigenvalue weighted by Gasteiger charge is 2.28. The number of aromatic carboxylic acids is 2. The van der Waals surface area contributed by atoms with Gasteiger partial charge in [0.15, 0.2) is 0 Å². The average Bonchev–Trinajstić information content (AvgIpc) is 3.21. The van der Waals surface area contributed by atoms with Crippen molar-refractivity contribution in [3.05, 3.63) is 70.8 Å². The number of unbranched alkanes of at least 4 members (excludes halogenated alkanes) is 1. The van der Waals surface area contributed by atoms with Crippen LogP contribution in [0.1, 0.15) is 81.0 Å². The minimum absolute atomic E-state index is 0.0186. The van der Waals surface area contributed by atoms with Crippen molar-refractivity contribution in [2.45, 2.75) is 39.5 Å². The van der Waals surface area contributed by atoms with Crippen LogP contribution in [0.5, 0.6) is 0 Å². The van der Waals surface area contributed by atoms with Crippen LogP contribution in [0.25, 0.3) is 0 Å². The number of carbonyl (C=O) groups excluding carboxylic acids is 2. The quantitative estimate of drug-likeness (QED) is 0.146. The molecule has 0 aliphatic carbocycles. The van der Waals surface area contributed by atoms with Gasteiger partial charge in [0.25, 0.3) is 0 Å². The maximum Gasteiger partial charge on any atom is 0.346 e. The first kappa shape index (κ1) is 35.4. The fourth-order valence-electron chi connectivity index (χ4n) is 2.42. The molecule has 2 aromatic rings. The van der Waals surface area contributed by atoms with Crippen LogP contribution in [0.4, 0.5) is 0 Å². The number of fused-ring (bicyclic) bond motifs is 1. The number of aliphatic carboxylic acids is 2. The highest BCUT2D eigenvalue weighted by atomic mass is 16.6. The van der Waals surface area contributed by atoms with E-state index in [0.717, 1.165) is 6.07 Å². The van der Waals surface area contributed by atoms with Crippen LogP contribution >= 0.6 is 0 Å². The van der Waals surface area contributed by atoms with Crippen LogP contribution < -0.4 is 0 Å². The summed E-state index contributed by atoms with van der Waals surface area (Å²) < 4.78 is 4.35. The van der Waals surface area contributed by atoms with E-state index in [1.165, 1.54) is 18.2 Å². The highest BCUT2D eigenvalue weighted by Crippen LogP contribution is 2.18. The monoisotopic (exact) mass is 564 g/mol. The number of esters is 2. The number of hydrogen-bond donors (Lipinski definition) is 6. The molecule has 0 unspecified atom stereocenters. The molecule has 3 rings (SSSR count). The molecular formula is C27H32O13. The van der Waals surface area contributed by atoms with Crippen molar-refractivity contribution in [3.8, 4) is 0 Å². The summed E-state index contributed by atoms with van der Waals surface area (Å²) in [5, 5.41) is 50.1. The largest absolute Gasteiger partial charge is 0.481 e. The molecular weight excluding hydrogens is 532 g/mol. The minimum Gasteiger partial charge on any atom is -0.481 e. The van der Waals surface area contributed by atoms with E-state index in [2.05, 4.69) is 4.74 Å². The van der Waals surface area contributed by atoms with Crippen molar-refractivity contribution >= 4 is 35.8 Å². The van der Waals surface area contributed by atoms with Crippen LogP contribution in [0.3, 0.4) is 0 Å². The van der Waals surface area contributed by atoms with Crippen LogP contribution in [-0.2, 0) is 14.3 Å². The molecule has 13 heteroatoms. The van der Waals surface area contributed by atoms with Crippen molar-refractivity contribution in [2.75, 3.05) is 13.2 Å². The van der Waals surface area contributed by atoms with Gasteiger partial charge in [0.1, 0.15) is 0 Å². The maximum absolute atomic E-state index is 10.8. The Kier molecular flexibility index (Phi) is 15.8. The fraction of sp³-hybridized carbons (Fsp3) is 0.333. The molecule has 0 saturated carbocycles. The molecule has 6 N–H and O–H groups in total. The summed E-state index contributed by atoms with van der Waals surface area (Å²) in [5.74, 6) is -5.09. The zero-order valence-electron chi connectivity index (χ0n) is 21.9. The second kappa shape index (κ2) is 17.8. The molecule has 0 bridgehead atoms. The predicted octanol–water partition coefficient (Wildman–Crippen LogP) is 2.79. The van der Waals surface area contributed by atoms with Gasteiger partial charge in [0, 0.05) is 18.3 Å². The van der Waals surface area contributed by atoms with Gasteiger partial charge in [-0.05, 0) is 43.2 Å². The Morgan fingerprint density at radius 1 is 0.675 bits per heavy atom. The van der Waals surface area contributed by atoms with Gasteiger partial charge in [-0.3, -0.25) is 9.59 Å². The molecule has 1 heterocycles. The van der Waals surface area contributed by atoms with Gasteiger partial charge in [-0.15, -0.1) is 0 Å². The normalized spacial score (nSPS) is 11.2. The van der Waals surface area contributed by atoms with Gasteiger partial charge in [-0.25, -0.2) is 19.2 Å². The summed E-state index contributed by atoms with van der Waals surface area (Å²) in [6.07, 6.45) is 1.02. The third kappa shape index (κ3) is 14.4. The maximum atomic E-state index is 10.8. The molecule has 0 amide bonds. The SMILES string of the molecule is CC(C)(CO)CO.O=C(O)CCCCC(=O)O.O=C(O)c1cccc(C(=O)O)c1.O=C1OC(=O)c2ccccc21. The second-order valence-corrected chi connectivity index (χ2v) is 8.89. The van der Waals surface area contributed by atoms with Gasteiger partial charge in [0.05, 0.1) is 35.5 Å². The van der Waals surface area contributed by atoms with Crippen molar-refractivity contribution in [2.24, 2.45) is 5.41 Å². The highest BCUT2D eigenvalue weighted by molar-refractivity contribution is 6.14. The standard InChI is InChI=1S/C8H6O4.C8H4O3.C6H10O4.C5H12O2/c9-7(10)5-2-1-3-6(4-5)8(11)12;9-7-5-3-1-2-4-6(5)8(10)11-7;7-5(8)3-1-2-4-6(9)10;1-5(2,3-6)4-7/h1-4H,(H,9,10)(H,11,12);1-4H;1-4H2,(H,7,8)(H,9,10);6-7H,3-4H2,1-2H3. The summed E-state index contributed by atoms with van der Waals surface area (Å²) in [4.78, 5) is 62.2. The zero-order chi connectivity index (χ0) is 30.9. The van der Waals surface area contributed by atoms with Gasteiger partial charge in [-0.2, -0.15) is 0 Å². The number of benzene rings is 2. The van der Waals surface area contributed by atoms with Crippen LogP contribution in [0.15, 0.2) is 48.5 Å². The number of carboxylic acid groups (broad SMARTS) is 4. The predicted molar refractivity (Wildman–Crippen MR) is 138 cm³/mol. The molecule has 218 valence electrons. The van der Waals surface area contributed by atoms with Gasteiger partial charge >= 0.3 is 35.8 Å². The van der Waals surface area contributed by atoms with Crippen molar-refractivity contribution in [1.82, 2.24) is 0 Å². The molecule has 0 aromatic heterocycles. The van der Waals surface area contributed by atoms with Crippen LogP contribution in [0, 0.1) is 5.41 Å². The van der Waals surface area contributed by atoms with Gasteiger partial charge in [-0.1, -0.05) is 32.0 Å². The molecule has 40 heavy (non-hydrogen) atoms. The average molecular weight is 565 g/mol. The lowest BCUT2D eigenvalue weighted by Gasteiger charge is -2.16. The van der Waals surface area contributed by atoms with E-state index in [1.54, 1.807) is 38.1 Å². The number of carboxylic acids is 4. The van der Waals surface area contributed by atoms with E-state index in [-0.39, 0.29) is 42.6 Å². The lowest BCUT2D eigenvalue weighted by atomic mass is 9.97. The van der Waals surface area contributed by atoms with Gasteiger partial charge in [0.2, 0.25) is 0 Å². The lowest BCUT2D eigenvalue weighted by molar-refractivity contribution is -0.139. The number of ether oxygens (including phenoxy) is 1. The summed E-state index contributed by atoms with van der Waals surface area (Å²) in [6.45, 7) is 3.69. The van der Waals surface area contributed by atoms with Crippen LogP contribution in [0.2, 0.25) is 0 Å². The molecule has 1 aliphatic heterocycles. The molecule has 0 atom stereocenters. The number of carbonyl (C=O) groups is 6. The topological polar surface area (TPSA) is 233 Å². The summed E-state index contributed by atoms with van der Waals surface area (Å²) in [5.41, 5.74) is 0.375. The molecule has 0 radical (unpaired) electrons. The summed E-state index contributed by atoms with van der Waals surface area (Å²) in [7, 11) is 0. The Balaban J connectivity index is 0.000000516. The number of hydrogen-bond acceptors (Lipinski definition) is 9. The van der Waals surface area contributed by atoms with E-state index in [4.69, 9.17) is 30.6 Å². The Morgan fingerprint density at radius 2 is 1.05 bits per heavy atom. The molecule has 0 fully saturated rings. The fourth-order valence-corrected chi connectivity index (χ4v) is 2.42. The molecule has 0 saturated heterocycles. The first-order valence-electron chi connectivity index (χ1n) is 11.7. The summed E-state index contributed by atoms with van der Waals surface area (Å²) >= 11 is 0. The Hall–Kier alpha value is -4.62. The van der Waals surface area contributed by atoms with Crippen LogP contribution in [-0.4, -0.2) is 79.7 Å². The van der Waals surface area contributed by atoms with Gasteiger partial charge < -0.3 is 35.4 Å².